The first-order valence-corrected chi connectivity index (χ1v) is 12.1. The highest BCUT2D eigenvalue weighted by atomic mass is 35.5. The summed E-state index contributed by atoms with van der Waals surface area (Å²) >= 11 is 7.15. The minimum absolute atomic E-state index is 0.0515. The van der Waals surface area contributed by atoms with Gasteiger partial charge in [0.1, 0.15) is 11.1 Å². The summed E-state index contributed by atoms with van der Waals surface area (Å²) in [6.45, 7) is 1.47. The maximum atomic E-state index is 13.3. The zero-order chi connectivity index (χ0) is 22.8. The Bertz CT molecular complexity index is 1360. The Morgan fingerprint density at radius 3 is 2.82 bits per heavy atom. The lowest BCUT2D eigenvalue weighted by atomic mass is 10.2. The third-order valence-corrected chi connectivity index (χ3v) is 6.82. The van der Waals surface area contributed by atoms with Gasteiger partial charge in [0, 0.05) is 23.6 Å². The monoisotopic (exact) mass is 483 g/mol. The fourth-order valence-corrected chi connectivity index (χ4v) is 4.86. The molecule has 1 saturated heterocycles. The Morgan fingerprint density at radius 2 is 2.03 bits per heavy atom. The normalized spacial score (nSPS) is 16.0. The zero-order valence-electron chi connectivity index (χ0n) is 17.8. The van der Waals surface area contributed by atoms with Crippen molar-refractivity contribution in [1.82, 2.24) is 14.9 Å². The highest BCUT2D eigenvalue weighted by Gasteiger charge is 2.23. The van der Waals surface area contributed by atoms with Crippen molar-refractivity contribution < 1.29 is 13.9 Å². The molecule has 170 valence electrons. The molecule has 0 bridgehead atoms. The van der Waals surface area contributed by atoms with Crippen molar-refractivity contribution in [2.24, 2.45) is 0 Å². The third-order valence-electron chi connectivity index (χ3n) is 5.59. The number of hydrogen-bond acceptors (Lipinski definition) is 6. The summed E-state index contributed by atoms with van der Waals surface area (Å²) in [7, 11) is 0. The van der Waals surface area contributed by atoms with Crippen LogP contribution in [0.2, 0.25) is 5.02 Å². The van der Waals surface area contributed by atoms with Crippen molar-refractivity contribution in [3.8, 4) is 0 Å². The van der Waals surface area contributed by atoms with Gasteiger partial charge in [-0.25, -0.2) is 4.98 Å². The number of aromatic nitrogens is 2. The van der Waals surface area contributed by atoms with Crippen molar-refractivity contribution in [2.45, 2.75) is 37.2 Å². The van der Waals surface area contributed by atoms with Gasteiger partial charge in [0.05, 0.1) is 18.4 Å². The van der Waals surface area contributed by atoms with Crippen LogP contribution < -0.4 is 10.9 Å². The number of hydrogen-bond donors (Lipinski definition) is 1. The molecule has 1 amide bonds. The van der Waals surface area contributed by atoms with Crippen LogP contribution in [0.1, 0.15) is 18.4 Å². The van der Waals surface area contributed by atoms with Gasteiger partial charge in [-0.05, 0) is 42.7 Å². The maximum Gasteiger partial charge on any atom is 0.297 e. The number of ether oxygens (including phenoxy) is 1. The number of halogens is 1. The standard InChI is InChI=1S/C24H22ClN3O4S/c25-16-9-7-15(8-10-16)12-26-20(29)14-33-24-27-21-18-5-1-2-6-19(18)32-22(21)23(30)28(24)13-17-4-3-11-31-17/h1-2,5-10,17H,3-4,11-14H2,(H,26,29)/t17-/m1/s1. The van der Waals surface area contributed by atoms with E-state index >= 15 is 0 Å². The van der Waals surface area contributed by atoms with Crippen LogP contribution in [0.4, 0.5) is 0 Å². The van der Waals surface area contributed by atoms with Crippen molar-refractivity contribution >= 4 is 51.3 Å². The molecule has 3 heterocycles. The number of nitrogens with one attached hydrogen (secondary N) is 1. The molecule has 1 aliphatic heterocycles. The molecule has 9 heteroatoms. The smallest absolute Gasteiger partial charge is 0.297 e. The van der Waals surface area contributed by atoms with Gasteiger partial charge < -0.3 is 14.5 Å². The van der Waals surface area contributed by atoms with Crippen molar-refractivity contribution in [3.63, 3.8) is 0 Å². The van der Waals surface area contributed by atoms with Crippen molar-refractivity contribution in [1.29, 1.82) is 0 Å². The summed E-state index contributed by atoms with van der Waals surface area (Å²) in [4.78, 5) is 30.6. The fraction of sp³-hybridized carbons (Fsp3) is 0.292. The first-order chi connectivity index (χ1) is 16.1. The van der Waals surface area contributed by atoms with Gasteiger partial charge in [0.2, 0.25) is 11.5 Å². The van der Waals surface area contributed by atoms with E-state index in [0.717, 1.165) is 23.8 Å². The molecule has 0 saturated carbocycles. The lowest BCUT2D eigenvalue weighted by molar-refractivity contribution is -0.118. The van der Waals surface area contributed by atoms with Crippen LogP contribution >= 0.6 is 23.4 Å². The van der Waals surface area contributed by atoms with Crippen LogP contribution in [0.5, 0.6) is 0 Å². The summed E-state index contributed by atoms with van der Waals surface area (Å²) in [6.07, 6.45) is 1.80. The van der Waals surface area contributed by atoms with E-state index in [-0.39, 0.29) is 28.9 Å². The third kappa shape index (κ3) is 4.78. The van der Waals surface area contributed by atoms with E-state index in [9.17, 15) is 9.59 Å². The summed E-state index contributed by atoms with van der Waals surface area (Å²) in [5.41, 5.74) is 2.06. The maximum absolute atomic E-state index is 13.3. The predicted octanol–water partition coefficient (Wildman–Crippen LogP) is 4.38. The minimum atomic E-state index is -0.254. The first kappa shape index (κ1) is 22.0. The average Bonchev–Trinajstić information content (AvgIpc) is 3.47. The van der Waals surface area contributed by atoms with Gasteiger partial charge >= 0.3 is 0 Å². The Hall–Kier alpha value is -2.81. The highest BCUT2D eigenvalue weighted by Crippen LogP contribution is 2.28. The molecule has 1 N–H and O–H groups in total. The van der Waals surface area contributed by atoms with Crippen LogP contribution in [0, 0.1) is 0 Å². The van der Waals surface area contributed by atoms with E-state index < -0.39 is 0 Å². The molecule has 1 aliphatic rings. The van der Waals surface area contributed by atoms with Crippen LogP contribution in [-0.2, 0) is 22.6 Å². The molecule has 0 unspecified atom stereocenters. The molecule has 2 aromatic heterocycles. The van der Waals surface area contributed by atoms with Crippen molar-refractivity contribution in [3.05, 3.63) is 69.5 Å². The molecular formula is C24H22ClN3O4S. The molecule has 2 aromatic carbocycles. The summed E-state index contributed by atoms with van der Waals surface area (Å²) in [6, 6.07) is 14.8. The Labute approximate surface area is 199 Å². The van der Waals surface area contributed by atoms with Crippen LogP contribution in [0.3, 0.4) is 0 Å². The van der Waals surface area contributed by atoms with E-state index in [4.69, 9.17) is 25.7 Å². The molecule has 7 nitrogen and oxygen atoms in total. The number of furan rings is 1. The van der Waals surface area contributed by atoms with Crippen LogP contribution in [0.25, 0.3) is 22.1 Å². The first-order valence-electron chi connectivity index (χ1n) is 10.8. The largest absolute Gasteiger partial charge is 0.448 e. The second-order valence-corrected chi connectivity index (χ2v) is 9.29. The van der Waals surface area contributed by atoms with Gasteiger partial charge in [-0.1, -0.05) is 47.6 Å². The Balaban J connectivity index is 1.39. The summed E-state index contributed by atoms with van der Waals surface area (Å²) in [5, 5.41) is 4.81. The lowest BCUT2D eigenvalue weighted by Gasteiger charge is -2.15. The number of rotatable bonds is 7. The zero-order valence-corrected chi connectivity index (χ0v) is 19.3. The lowest BCUT2D eigenvalue weighted by Crippen LogP contribution is -2.29. The SMILES string of the molecule is O=C(CSc1nc2c(oc3ccccc32)c(=O)n1C[C@H]1CCCO1)NCc1ccc(Cl)cc1. The average molecular weight is 484 g/mol. The Morgan fingerprint density at radius 1 is 1.21 bits per heavy atom. The Kier molecular flexibility index (Phi) is 6.39. The van der Waals surface area contributed by atoms with Crippen LogP contribution in [0.15, 0.2) is 62.9 Å². The molecule has 1 atom stereocenters. The summed E-state index contributed by atoms with van der Waals surface area (Å²) in [5.74, 6) is -0.0163. The molecule has 1 fully saturated rings. The van der Waals surface area contributed by atoms with Gasteiger partial charge in [-0.15, -0.1) is 0 Å². The second-order valence-electron chi connectivity index (χ2n) is 7.91. The molecular weight excluding hydrogens is 462 g/mol. The molecule has 33 heavy (non-hydrogen) atoms. The molecule has 0 aliphatic carbocycles. The molecule has 4 aromatic rings. The van der Waals surface area contributed by atoms with Gasteiger partial charge in [0.25, 0.3) is 5.56 Å². The van der Waals surface area contributed by atoms with E-state index in [2.05, 4.69) is 5.32 Å². The number of benzene rings is 2. The summed E-state index contributed by atoms with van der Waals surface area (Å²) < 4.78 is 13.2. The second kappa shape index (κ2) is 9.59. The quantitative estimate of drug-likeness (QED) is 0.310. The van der Waals surface area contributed by atoms with Gasteiger partial charge in [-0.3, -0.25) is 14.2 Å². The number of carbonyl (C=O) groups is 1. The fourth-order valence-electron chi connectivity index (χ4n) is 3.90. The number of thioether (sulfide) groups is 1. The number of para-hydroxylation sites is 1. The molecule has 0 spiro atoms. The van der Waals surface area contributed by atoms with E-state index in [0.29, 0.717) is 41.0 Å². The predicted molar refractivity (Wildman–Crippen MR) is 129 cm³/mol. The number of carbonyl (C=O) groups excluding carboxylic acids is 1. The number of amides is 1. The van der Waals surface area contributed by atoms with Crippen molar-refractivity contribution in [2.75, 3.05) is 12.4 Å². The van der Waals surface area contributed by atoms with E-state index in [1.165, 1.54) is 11.8 Å². The van der Waals surface area contributed by atoms with E-state index in [1.807, 2.05) is 36.4 Å². The topological polar surface area (TPSA) is 86.4 Å². The van der Waals surface area contributed by atoms with Gasteiger partial charge in [0.15, 0.2) is 5.16 Å². The minimum Gasteiger partial charge on any atom is -0.448 e. The molecule has 5 rings (SSSR count). The van der Waals surface area contributed by atoms with E-state index in [1.54, 1.807) is 16.7 Å². The highest BCUT2D eigenvalue weighted by molar-refractivity contribution is 7.99. The number of fused-ring (bicyclic) bond motifs is 3. The van der Waals surface area contributed by atoms with Crippen LogP contribution in [-0.4, -0.2) is 33.9 Å². The number of nitrogens with zero attached hydrogens (tertiary/aromatic N) is 2. The molecule has 0 radical (unpaired) electrons. The van der Waals surface area contributed by atoms with Gasteiger partial charge in [-0.2, -0.15) is 0 Å².